The molecule has 0 spiro atoms. The third kappa shape index (κ3) is 3.30. The zero-order valence-electron chi connectivity index (χ0n) is 12.7. The van der Waals surface area contributed by atoms with Gasteiger partial charge in [0.25, 0.3) is 0 Å². The molecule has 1 aliphatic carbocycles. The lowest BCUT2D eigenvalue weighted by Crippen LogP contribution is -2.10. The van der Waals surface area contributed by atoms with Gasteiger partial charge in [0.05, 0.1) is 0 Å². The van der Waals surface area contributed by atoms with E-state index in [1.165, 1.54) is 5.57 Å². The van der Waals surface area contributed by atoms with Crippen LogP contribution in [0, 0.1) is 5.92 Å². The number of phenols is 1. The van der Waals surface area contributed by atoms with E-state index < -0.39 is 0 Å². The summed E-state index contributed by atoms with van der Waals surface area (Å²) in [7, 11) is 0. The molecule has 3 N–H and O–H groups in total. The second-order valence-electron chi connectivity index (χ2n) is 5.79. The molecule has 21 heavy (non-hydrogen) atoms. The van der Waals surface area contributed by atoms with Crippen LogP contribution in [-0.2, 0) is 0 Å². The molecule has 1 unspecified atom stereocenters. The van der Waals surface area contributed by atoms with Crippen molar-refractivity contribution in [1.29, 1.82) is 0 Å². The molecule has 0 saturated heterocycles. The first-order valence-electron chi connectivity index (χ1n) is 7.21. The fraction of sp³-hybridized carbons (Fsp3) is 0.333. The number of allylic oxidation sites excluding steroid dienone is 4. The second-order valence-corrected chi connectivity index (χ2v) is 5.79. The number of aromatic hydroxyl groups is 1. The fourth-order valence-corrected chi connectivity index (χ4v) is 2.90. The van der Waals surface area contributed by atoms with Gasteiger partial charge in [0.15, 0.2) is 5.76 Å². The summed E-state index contributed by atoms with van der Waals surface area (Å²) in [5, 5.41) is 28.7. The van der Waals surface area contributed by atoms with Crippen molar-refractivity contribution in [1.82, 2.24) is 0 Å². The maximum atomic E-state index is 9.78. The summed E-state index contributed by atoms with van der Waals surface area (Å²) >= 11 is 0. The van der Waals surface area contributed by atoms with Crippen LogP contribution >= 0.6 is 0 Å². The van der Waals surface area contributed by atoms with Crippen molar-refractivity contribution in [3.05, 3.63) is 64.6 Å². The first-order chi connectivity index (χ1) is 9.90. The van der Waals surface area contributed by atoms with E-state index in [1.54, 1.807) is 18.2 Å². The number of benzene rings is 1. The van der Waals surface area contributed by atoms with Gasteiger partial charge in [0.2, 0.25) is 0 Å². The molecule has 1 aliphatic rings. The Balaban J connectivity index is 2.40. The van der Waals surface area contributed by atoms with E-state index in [2.05, 4.69) is 20.8 Å². The normalized spacial score (nSPS) is 19.0. The molecule has 0 radical (unpaired) electrons. The summed E-state index contributed by atoms with van der Waals surface area (Å²) in [4.78, 5) is 0. The predicted octanol–water partition coefficient (Wildman–Crippen LogP) is 4.74. The maximum Gasteiger partial charge on any atom is 0.153 e. The van der Waals surface area contributed by atoms with Crippen LogP contribution in [0.3, 0.4) is 0 Å². The summed E-state index contributed by atoms with van der Waals surface area (Å²) in [5.41, 5.74) is 3.40. The minimum atomic E-state index is -0.0563. The average molecular weight is 286 g/mol. The predicted molar refractivity (Wildman–Crippen MR) is 84.4 cm³/mol. The number of rotatable bonds is 3. The van der Waals surface area contributed by atoms with Gasteiger partial charge in [-0.05, 0) is 35.3 Å². The molecule has 1 atom stereocenters. The molecule has 0 saturated carbocycles. The van der Waals surface area contributed by atoms with Crippen LogP contribution in [0.15, 0.2) is 59.1 Å². The van der Waals surface area contributed by atoms with Gasteiger partial charge < -0.3 is 15.3 Å². The largest absolute Gasteiger partial charge is 0.508 e. The van der Waals surface area contributed by atoms with Crippen molar-refractivity contribution in [2.75, 3.05) is 0 Å². The first-order valence-corrected chi connectivity index (χ1v) is 7.21. The van der Waals surface area contributed by atoms with Gasteiger partial charge in [-0.25, -0.2) is 0 Å². The Morgan fingerprint density at radius 1 is 0.952 bits per heavy atom. The Kier molecular flexibility index (Phi) is 4.41. The van der Waals surface area contributed by atoms with Crippen molar-refractivity contribution < 1.29 is 15.3 Å². The van der Waals surface area contributed by atoms with E-state index in [-0.39, 0.29) is 23.2 Å². The molecule has 0 bridgehead atoms. The molecular weight excluding hydrogens is 264 g/mol. The van der Waals surface area contributed by atoms with Gasteiger partial charge in [-0.15, -0.1) is 0 Å². The summed E-state index contributed by atoms with van der Waals surface area (Å²) in [6.07, 6.45) is 3.78. The van der Waals surface area contributed by atoms with E-state index in [0.717, 1.165) is 11.1 Å². The molecule has 3 nitrogen and oxygen atoms in total. The maximum absolute atomic E-state index is 9.78. The minimum absolute atomic E-state index is 0.0172. The average Bonchev–Trinajstić information content (AvgIpc) is 2.43. The van der Waals surface area contributed by atoms with Crippen LogP contribution in [0.1, 0.15) is 38.7 Å². The Morgan fingerprint density at radius 3 is 2.10 bits per heavy atom. The van der Waals surface area contributed by atoms with Crippen LogP contribution in [-0.4, -0.2) is 15.3 Å². The number of aliphatic hydroxyl groups excluding tert-OH is 2. The first kappa shape index (κ1) is 15.2. The number of aliphatic hydroxyl groups is 2. The SMILES string of the molecule is CC(C)C(=C1C=CC(O)=C(O)C1)C(C)c1ccc(O)cc1. The Bertz CT molecular complexity index is 604. The number of phenolic OH excluding ortho intramolecular Hbond substituents is 1. The van der Waals surface area contributed by atoms with Crippen molar-refractivity contribution >= 4 is 0 Å². The van der Waals surface area contributed by atoms with Crippen LogP contribution in [0.5, 0.6) is 5.75 Å². The number of hydrogen-bond acceptors (Lipinski definition) is 3. The van der Waals surface area contributed by atoms with E-state index in [0.29, 0.717) is 12.3 Å². The molecule has 0 aliphatic heterocycles. The topological polar surface area (TPSA) is 60.7 Å². The Hall–Kier alpha value is -2.16. The van der Waals surface area contributed by atoms with Crippen LogP contribution in [0.4, 0.5) is 0 Å². The smallest absolute Gasteiger partial charge is 0.153 e. The zero-order chi connectivity index (χ0) is 15.6. The minimum Gasteiger partial charge on any atom is -0.508 e. The molecule has 0 amide bonds. The van der Waals surface area contributed by atoms with Gasteiger partial charge in [-0.3, -0.25) is 0 Å². The summed E-state index contributed by atoms with van der Waals surface area (Å²) < 4.78 is 0. The molecule has 0 aromatic heterocycles. The summed E-state index contributed by atoms with van der Waals surface area (Å²) in [6, 6.07) is 7.22. The monoisotopic (exact) mass is 286 g/mol. The van der Waals surface area contributed by atoms with Crippen LogP contribution in [0.2, 0.25) is 0 Å². The van der Waals surface area contributed by atoms with Crippen molar-refractivity contribution in [3.63, 3.8) is 0 Å². The Labute approximate surface area is 125 Å². The lowest BCUT2D eigenvalue weighted by atomic mass is 9.81. The Morgan fingerprint density at radius 2 is 1.57 bits per heavy atom. The number of hydrogen-bond donors (Lipinski definition) is 3. The van der Waals surface area contributed by atoms with Crippen LogP contribution < -0.4 is 0 Å². The lowest BCUT2D eigenvalue weighted by Gasteiger charge is -2.25. The highest BCUT2D eigenvalue weighted by atomic mass is 16.3. The summed E-state index contributed by atoms with van der Waals surface area (Å²) in [5.74, 6) is 0.718. The third-order valence-corrected chi connectivity index (χ3v) is 3.95. The van der Waals surface area contributed by atoms with Gasteiger partial charge in [-0.1, -0.05) is 44.6 Å². The van der Waals surface area contributed by atoms with E-state index in [1.807, 2.05) is 18.2 Å². The molecule has 2 rings (SSSR count). The van der Waals surface area contributed by atoms with Gasteiger partial charge in [0, 0.05) is 12.3 Å². The van der Waals surface area contributed by atoms with Gasteiger partial charge in [0.1, 0.15) is 11.5 Å². The van der Waals surface area contributed by atoms with Crippen molar-refractivity contribution in [2.24, 2.45) is 5.92 Å². The van der Waals surface area contributed by atoms with Crippen molar-refractivity contribution in [2.45, 2.75) is 33.1 Å². The quantitative estimate of drug-likeness (QED) is 0.752. The molecule has 0 heterocycles. The third-order valence-electron chi connectivity index (χ3n) is 3.95. The van der Waals surface area contributed by atoms with Crippen molar-refractivity contribution in [3.8, 4) is 5.75 Å². The molecule has 112 valence electrons. The zero-order valence-corrected chi connectivity index (χ0v) is 12.7. The van der Waals surface area contributed by atoms with E-state index >= 15 is 0 Å². The standard InChI is InChI=1S/C18H22O3/c1-11(2)18(14-6-9-16(20)17(21)10-14)12(3)13-4-7-15(19)8-5-13/h4-9,11-12,19-21H,10H2,1-3H3. The highest BCUT2D eigenvalue weighted by molar-refractivity contribution is 5.43. The molecule has 1 aromatic carbocycles. The highest BCUT2D eigenvalue weighted by Gasteiger charge is 2.21. The molecule has 0 fully saturated rings. The second kappa shape index (κ2) is 6.08. The van der Waals surface area contributed by atoms with E-state index in [9.17, 15) is 15.3 Å². The lowest BCUT2D eigenvalue weighted by molar-refractivity contribution is 0.326. The fourth-order valence-electron chi connectivity index (χ4n) is 2.90. The molecular formula is C18H22O3. The van der Waals surface area contributed by atoms with Gasteiger partial charge >= 0.3 is 0 Å². The molecule has 3 heteroatoms. The summed E-state index contributed by atoms with van der Waals surface area (Å²) in [6.45, 7) is 6.38. The van der Waals surface area contributed by atoms with Crippen LogP contribution in [0.25, 0.3) is 0 Å². The molecule has 1 aromatic rings. The highest BCUT2D eigenvalue weighted by Crippen LogP contribution is 2.36. The van der Waals surface area contributed by atoms with E-state index in [4.69, 9.17) is 0 Å². The van der Waals surface area contributed by atoms with Gasteiger partial charge in [-0.2, -0.15) is 0 Å².